The molecule has 0 aliphatic rings. The minimum absolute atomic E-state index is 0.152. The van der Waals surface area contributed by atoms with E-state index in [0.717, 1.165) is 0 Å². The molecule has 3 N–H and O–H groups in total. The number of hydrogen-bond donors (Lipinski definition) is 2. The Balaban J connectivity index is 2.58. The van der Waals surface area contributed by atoms with Gasteiger partial charge in [-0.25, -0.2) is 0 Å². The number of amides is 2. The van der Waals surface area contributed by atoms with Gasteiger partial charge in [-0.1, -0.05) is 6.07 Å². The summed E-state index contributed by atoms with van der Waals surface area (Å²) in [5.41, 5.74) is 5.04. The summed E-state index contributed by atoms with van der Waals surface area (Å²) >= 11 is 3.06. The van der Waals surface area contributed by atoms with Crippen molar-refractivity contribution in [2.24, 2.45) is 5.73 Å². The summed E-state index contributed by atoms with van der Waals surface area (Å²) in [6.07, 6.45) is 1.48. The third-order valence-electron chi connectivity index (χ3n) is 2.56. The van der Waals surface area contributed by atoms with Crippen LogP contribution >= 0.6 is 15.9 Å². The second-order valence-electron chi connectivity index (χ2n) is 4.08. The number of carbonyl (C=O) groups excluding carboxylic acids is 2. The van der Waals surface area contributed by atoms with Crippen LogP contribution < -0.4 is 11.1 Å². The van der Waals surface area contributed by atoms with Crippen molar-refractivity contribution in [3.8, 4) is 0 Å². The molecule has 0 saturated heterocycles. The van der Waals surface area contributed by atoms with E-state index in [1.54, 1.807) is 0 Å². The lowest BCUT2D eigenvalue weighted by Crippen LogP contribution is -2.25. The molecular formula is C12H14BrN3O4. The van der Waals surface area contributed by atoms with Gasteiger partial charge in [0.1, 0.15) is 4.47 Å². The van der Waals surface area contributed by atoms with Crippen LogP contribution in [0, 0.1) is 10.1 Å². The van der Waals surface area contributed by atoms with Gasteiger partial charge in [0.2, 0.25) is 5.91 Å². The van der Waals surface area contributed by atoms with E-state index in [0.29, 0.717) is 19.4 Å². The Morgan fingerprint density at radius 3 is 2.65 bits per heavy atom. The number of halogens is 1. The Labute approximate surface area is 123 Å². The second kappa shape index (κ2) is 7.59. The maximum Gasteiger partial charge on any atom is 0.284 e. The normalized spacial score (nSPS) is 10.1. The number of carbonyl (C=O) groups is 2. The van der Waals surface area contributed by atoms with Crippen molar-refractivity contribution in [3.63, 3.8) is 0 Å². The molecule has 1 rings (SSSR count). The van der Waals surface area contributed by atoms with Crippen LogP contribution in [0.2, 0.25) is 0 Å². The van der Waals surface area contributed by atoms with E-state index in [1.807, 2.05) is 0 Å². The molecule has 1 aromatic rings. The third-order valence-corrected chi connectivity index (χ3v) is 3.39. The lowest BCUT2D eigenvalue weighted by atomic mass is 10.2. The number of nitro groups is 1. The van der Waals surface area contributed by atoms with Gasteiger partial charge in [-0.15, -0.1) is 0 Å². The summed E-state index contributed by atoms with van der Waals surface area (Å²) in [6.45, 7) is 0.376. The first-order chi connectivity index (χ1) is 9.43. The maximum atomic E-state index is 11.9. The number of rotatable bonds is 7. The Morgan fingerprint density at radius 1 is 1.35 bits per heavy atom. The molecule has 0 radical (unpaired) electrons. The highest BCUT2D eigenvalue weighted by molar-refractivity contribution is 9.10. The molecule has 108 valence electrons. The molecule has 0 aliphatic carbocycles. The quantitative estimate of drug-likeness (QED) is 0.445. The van der Waals surface area contributed by atoms with Gasteiger partial charge in [-0.2, -0.15) is 0 Å². The van der Waals surface area contributed by atoms with Gasteiger partial charge in [-0.05, 0) is 34.8 Å². The third kappa shape index (κ3) is 4.61. The van der Waals surface area contributed by atoms with Gasteiger partial charge >= 0.3 is 0 Å². The van der Waals surface area contributed by atoms with E-state index in [-0.39, 0.29) is 28.1 Å². The number of nitro benzene ring substituents is 1. The average molecular weight is 344 g/mol. The number of benzene rings is 1. The summed E-state index contributed by atoms with van der Waals surface area (Å²) in [4.78, 5) is 32.6. The Kier molecular flexibility index (Phi) is 6.10. The van der Waals surface area contributed by atoms with Crippen LogP contribution in [-0.4, -0.2) is 23.3 Å². The highest BCUT2D eigenvalue weighted by Crippen LogP contribution is 2.28. The first-order valence-corrected chi connectivity index (χ1v) is 6.72. The van der Waals surface area contributed by atoms with Gasteiger partial charge in [0.25, 0.3) is 11.6 Å². The molecular weight excluding hydrogens is 330 g/mol. The van der Waals surface area contributed by atoms with Gasteiger partial charge in [0.05, 0.1) is 10.5 Å². The van der Waals surface area contributed by atoms with E-state index in [9.17, 15) is 19.7 Å². The molecule has 0 aliphatic heterocycles. The molecule has 0 saturated carbocycles. The summed E-state index contributed by atoms with van der Waals surface area (Å²) < 4.78 is 0.152. The molecule has 0 spiro atoms. The first-order valence-electron chi connectivity index (χ1n) is 5.93. The van der Waals surface area contributed by atoms with Gasteiger partial charge in [0.15, 0.2) is 0 Å². The standard InChI is InChI=1S/C12H14BrN3O4/c13-11-8(4-3-5-9(11)16(19)20)12(18)15-7-2-1-6-10(14)17/h3-5H,1-2,6-7H2,(H2,14,17)(H,15,18). The molecule has 20 heavy (non-hydrogen) atoms. The number of unbranched alkanes of at least 4 members (excludes halogenated alkanes) is 1. The number of primary amides is 1. The van der Waals surface area contributed by atoms with Crippen molar-refractivity contribution in [2.45, 2.75) is 19.3 Å². The molecule has 0 unspecified atom stereocenters. The number of nitrogens with one attached hydrogen (secondary N) is 1. The highest BCUT2D eigenvalue weighted by atomic mass is 79.9. The molecule has 0 fully saturated rings. The van der Waals surface area contributed by atoms with E-state index in [2.05, 4.69) is 21.2 Å². The van der Waals surface area contributed by atoms with Crippen LogP contribution in [0.3, 0.4) is 0 Å². The fourth-order valence-electron chi connectivity index (χ4n) is 1.56. The molecule has 0 atom stereocenters. The Bertz CT molecular complexity index is 533. The van der Waals surface area contributed by atoms with Crippen molar-refractivity contribution in [2.75, 3.05) is 6.54 Å². The topological polar surface area (TPSA) is 115 Å². The van der Waals surface area contributed by atoms with E-state index < -0.39 is 10.8 Å². The van der Waals surface area contributed by atoms with Crippen molar-refractivity contribution in [1.29, 1.82) is 0 Å². The van der Waals surface area contributed by atoms with Crippen LogP contribution in [0.5, 0.6) is 0 Å². The fraction of sp³-hybridized carbons (Fsp3) is 0.333. The number of nitrogens with zero attached hydrogens (tertiary/aromatic N) is 1. The summed E-state index contributed by atoms with van der Waals surface area (Å²) in [5, 5.41) is 13.4. The largest absolute Gasteiger partial charge is 0.370 e. The van der Waals surface area contributed by atoms with Crippen LogP contribution in [0.25, 0.3) is 0 Å². The minimum Gasteiger partial charge on any atom is -0.370 e. The summed E-state index contributed by atoms with van der Waals surface area (Å²) in [6, 6.07) is 4.26. The van der Waals surface area contributed by atoms with E-state index in [4.69, 9.17) is 5.73 Å². The monoisotopic (exact) mass is 343 g/mol. The zero-order valence-electron chi connectivity index (χ0n) is 10.6. The Hall–Kier alpha value is -1.96. The van der Waals surface area contributed by atoms with Gasteiger partial charge in [-0.3, -0.25) is 19.7 Å². The molecule has 7 nitrogen and oxygen atoms in total. The smallest absolute Gasteiger partial charge is 0.284 e. The lowest BCUT2D eigenvalue weighted by molar-refractivity contribution is -0.385. The second-order valence-corrected chi connectivity index (χ2v) is 4.87. The predicted octanol–water partition coefficient (Wildman–Crippen LogP) is 1.74. The van der Waals surface area contributed by atoms with Crippen molar-refractivity contribution >= 4 is 33.4 Å². The van der Waals surface area contributed by atoms with Gasteiger partial charge in [0, 0.05) is 19.0 Å². The van der Waals surface area contributed by atoms with Crippen molar-refractivity contribution in [3.05, 3.63) is 38.3 Å². The fourth-order valence-corrected chi connectivity index (χ4v) is 2.15. The van der Waals surface area contributed by atoms with E-state index >= 15 is 0 Å². The molecule has 8 heteroatoms. The zero-order chi connectivity index (χ0) is 15.1. The average Bonchev–Trinajstić information content (AvgIpc) is 2.37. The molecule has 1 aromatic carbocycles. The molecule has 2 amide bonds. The van der Waals surface area contributed by atoms with Crippen molar-refractivity contribution in [1.82, 2.24) is 5.32 Å². The first kappa shape index (κ1) is 16.1. The maximum absolute atomic E-state index is 11.9. The lowest BCUT2D eigenvalue weighted by Gasteiger charge is -2.06. The SMILES string of the molecule is NC(=O)CCCCNC(=O)c1cccc([N+](=O)[O-])c1Br. The van der Waals surface area contributed by atoms with Gasteiger partial charge < -0.3 is 11.1 Å². The van der Waals surface area contributed by atoms with E-state index in [1.165, 1.54) is 18.2 Å². The van der Waals surface area contributed by atoms with Crippen LogP contribution in [0.4, 0.5) is 5.69 Å². The molecule has 0 heterocycles. The van der Waals surface area contributed by atoms with Crippen LogP contribution in [0.1, 0.15) is 29.6 Å². The summed E-state index contributed by atoms with van der Waals surface area (Å²) in [7, 11) is 0. The zero-order valence-corrected chi connectivity index (χ0v) is 12.2. The van der Waals surface area contributed by atoms with Crippen LogP contribution in [-0.2, 0) is 4.79 Å². The summed E-state index contributed by atoms with van der Waals surface area (Å²) in [5.74, 6) is -0.780. The number of nitrogens with two attached hydrogens (primary N) is 1. The molecule has 0 aromatic heterocycles. The number of hydrogen-bond acceptors (Lipinski definition) is 4. The molecule has 0 bridgehead atoms. The minimum atomic E-state index is -0.562. The van der Waals surface area contributed by atoms with Crippen LogP contribution in [0.15, 0.2) is 22.7 Å². The predicted molar refractivity (Wildman–Crippen MR) is 76.2 cm³/mol. The highest BCUT2D eigenvalue weighted by Gasteiger charge is 2.18. The van der Waals surface area contributed by atoms with Crippen molar-refractivity contribution < 1.29 is 14.5 Å². The Morgan fingerprint density at radius 2 is 2.05 bits per heavy atom.